The number of furan rings is 1. The Kier molecular flexibility index (Phi) is 5.31. The predicted molar refractivity (Wildman–Crippen MR) is 92.7 cm³/mol. The summed E-state index contributed by atoms with van der Waals surface area (Å²) in [7, 11) is 4.62. The Morgan fingerprint density at radius 2 is 1.96 bits per heavy atom. The third kappa shape index (κ3) is 3.58. The van der Waals surface area contributed by atoms with Crippen LogP contribution in [0.3, 0.4) is 0 Å². The van der Waals surface area contributed by atoms with Crippen molar-refractivity contribution in [1.82, 2.24) is 5.32 Å². The van der Waals surface area contributed by atoms with Crippen LogP contribution in [0.1, 0.15) is 17.7 Å². The van der Waals surface area contributed by atoms with Gasteiger partial charge in [-0.3, -0.25) is 4.79 Å². The number of hydrogen-bond donors (Lipinski definition) is 1. The van der Waals surface area contributed by atoms with E-state index in [0.29, 0.717) is 41.7 Å². The van der Waals surface area contributed by atoms with E-state index in [1.165, 1.54) is 7.11 Å². The lowest BCUT2D eigenvalue weighted by Crippen LogP contribution is -2.34. The first-order valence-electron chi connectivity index (χ1n) is 7.99. The summed E-state index contributed by atoms with van der Waals surface area (Å²) >= 11 is 0. The van der Waals surface area contributed by atoms with Crippen LogP contribution in [0, 0.1) is 0 Å². The van der Waals surface area contributed by atoms with Crippen LogP contribution >= 0.6 is 0 Å². The summed E-state index contributed by atoms with van der Waals surface area (Å²) in [4.78, 5) is 17.5. The van der Waals surface area contributed by atoms with E-state index in [4.69, 9.17) is 23.5 Å². The molecule has 1 aromatic heterocycles. The van der Waals surface area contributed by atoms with Gasteiger partial charge >= 0.3 is 0 Å². The second-order valence-electron chi connectivity index (χ2n) is 5.55. The van der Waals surface area contributed by atoms with Gasteiger partial charge in [0.25, 0.3) is 5.91 Å². The van der Waals surface area contributed by atoms with E-state index in [1.54, 1.807) is 44.7 Å². The molecule has 1 aliphatic rings. The molecule has 1 amide bonds. The van der Waals surface area contributed by atoms with Crippen LogP contribution in [0.2, 0.25) is 0 Å². The number of methoxy groups -OCH3 is 3. The summed E-state index contributed by atoms with van der Waals surface area (Å²) in [5, 5.41) is 6.80. The first kappa shape index (κ1) is 17.7. The molecule has 138 valence electrons. The Hall–Kier alpha value is -3.16. The Bertz CT molecular complexity index is 775. The zero-order chi connectivity index (χ0) is 18.5. The zero-order valence-electron chi connectivity index (χ0n) is 14.8. The van der Waals surface area contributed by atoms with Gasteiger partial charge in [0.2, 0.25) is 11.9 Å². The average molecular weight is 360 g/mol. The Morgan fingerprint density at radius 3 is 2.54 bits per heavy atom. The molecular formula is C18H20N2O6. The van der Waals surface area contributed by atoms with E-state index in [0.717, 1.165) is 5.56 Å². The third-order valence-electron chi connectivity index (χ3n) is 3.98. The summed E-state index contributed by atoms with van der Waals surface area (Å²) in [6.07, 6.45) is 1.20. The Morgan fingerprint density at radius 1 is 1.23 bits per heavy atom. The molecule has 1 aliphatic heterocycles. The van der Waals surface area contributed by atoms with Gasteiger partial charge in [0, 0.05) is 12.0 Å². The van der Waals surface area contributed by atoms with Gasteiger partial charge in [-0.05, 0) is 24.3 Å². The van der Waals surface area contributed by atoms with Crippen molar-refractivity contribution < 1.29 is 28.3 Å². The van der Waals surface area contributed by atoms with Gasteiger partial charge in [-0.2, -0.15) is 0 Å². The molecule has 1 N–H and O–H groups in total. The lowest BCUT2D eigenvalue weighted by Gasteiger charge is -2.13. The lowest BCUT2D eigenvalue weighted by atomic mass is 10.0. The summed E-state index contributed by atoms with van der Waals surface area (Å²) in [5.74, 6) is 1.92. The number of nitrogens with zero attached hydrogens (tertiary/aromatic N) is 1. The molecule has 0 radical (unpaired) electrons. The maximum absolute atomic E-state index is 12.2. The van der Waals surface area contributed by atoms with Crippen LogP contribution in [-0.2, 0) is 16.2 Å². The smallest absolute Gasteiger partial charge is 0.264 e. The molecule has 0 aliphatic carbocycles. The van der Waals surface area contributed by atoms with Gasteiger partial charge in [-0.1, -0.05) is 5.16 Å². The van der Waals surface area contributed by atoms with Crippen molar-refractivity contribution in [1.29, 1.82) is 0 Å². The molecule has 2 aromatic rings. The molecule has 0 fully saturated rings. The van der Waals surface area contributed by atoms with Crippen LogP contribution in [0.15, 0.2) is 40.1 Å². The fourth-order valence-corrected chi connectivity index (χ4v) is 2.64. The molecular weight excluding hydrogens is 340 g/mol. The molecule has 0 saturated carbocycles. The van der Waals surface area contributed by atoms with E-state index in [2.05, 4.69) is 10.5 Å². The van der Waals surface area contributed by atoms with Crippen LogP contribution in [0.4, 0.5) is 0 Å². The molecule has 0 spiro atoms. The third-order valence-corrected chi connectivity index (χ3v) is 3.98. The first-order valence-corrected chi connectivity index (χ1v) is 7.99. The summed E-state index contributed by atoms with van der Waals surface area (Å²) in [5.41, 5.74) is 1.36. The predicted octanol–water partition coefficient (Wildman–Crippen LogP) is 2.11. The summed E-state index contributed by atoms with van der Waals surface area (Å²) in [6.45, 7) is 0.297. The minimum atomic E-state index is -0.695. The molecule has 0 bridgehead atoms. The quantitative estimate of drug-likeness (QED) is 0.813. The van der Waals surface area contributed by atoms with Crippen molar-refractivity contribution in [2.75, 3.05) is 21.3 Å². The van der Waals surface area contributed by atoms with Gasteiger partial charge in [0.05, 0.1) is 39.8 Å². The van der Waals surface area contributed by atoms with Crippen LogP contribution < -0.4 is 19.5 Å². The van der Waals surface area contributed by atoms with Crippen molar-refractivity contribution >= 4 is 11.6 Å². The van der Waals surface area contributed by atoms with Crippen molar-refractivity contribution in [3.63, 3.8) is 0 Å². The zero-order valence-corrected chi connectivity index (χ0v) is 14.8. The number of carbonyl (C=O) groups is 1. The number of oxime groups is 1. The number of amides is 1. The largest absolute Gasteiger partial charge is 0.493 e. The van der Waals surface area contributed by atoms with E-state index in [-0.39, 0.29) is 5.91 Å². The van der Waals surface area contributed by atoms with Crippen LogP contribution in [-0.4, -0.2) is 39.1 Å². The molecule has 8 heteroatoms. The van der Waals surface area contributed by atoms with Gasteiger partial charge in [-0.15, -0.1) is 0 Å². The average Bonchev–Trinajstić information content (AvgIpc) is 3.36. The number of nitrogens with one attached hydrogen (secondary N) is 1. The number of hydrogen-bond acceptors (Lipinski definition) is 7. The Balaban J connectivity index is 1.69. The van der Waals surface area contributed by atoms with Gasteiger partial charge in [-0.25, -0.2) is 0 Å². The van der Waals surface area contributed by atoms with Crippen LogP contribution in [0.5, 0.6) is 17.2 Å². The number of carbonyl (C=O) groups excluding carboxylic acids is 1. The summed E-state index contributed by atoms with van der Waals surface area (Å²) in [6, 6.07) is 7.09. The monoisotopic (exact) mass is 360 g/mol. The lowest BCUT2D eigenvalue weighted by molar-refractivity contribution is -0.131. The first-order chi connectivity index (χ1) is 12.7. The van der Waals surface area contributed by atoms with E-state index in [9.17, 15) is 4.79 Å². The number of rotatable bonds is 7. The minimum absolute atomic E-state index is 0.257. The van der Waals surface area contributed by atoms with E-state index < -0.39 is 6.10 Å². The fourth-order valence-electron chi connectivity index (χ4n) is 2.64. The van der Waals surface area contributed by atoms with Crippen molar-refractivity contribution in [2.24, 2.45) is 5.16 Å². The highest BCUT2D eigenvalue weighted by Gasteiger charge is 2.30. The molecule has 0 unspecified atom stereocenters. The normalized spacial score (nSPS) is 15.8. The highest BCUT2D eigenvalue weighted by molar-refractivity contribution is 6.04. The van der Waals surface area contributed by atoms with Gasteiger partial charge in [0.15, 0.2) is 11.5 Å². The summed E-state index contributed by atoms with van der Waals surface area (Å²) < 4.78 is 21.2. The molecule has 8 nitrogen and oxygen atoms in total. The van der Waals surface area contributed by atoms with Crippen molar-refractivity contribution in [3.05, 3.63) is 41.9 Å². The topological polar surface area (TPSA) is 91.5 Å². The fraction of sp³-hybridized carbons (Fsp3) is 0.333. The number of ether oxygens (including phenoxy) is 3. The maximum Gasteiger partial charge on any atom is 0.264 e. The van der Waals surface area contributed by atoms with Gasteiger partial charge in [0.1, 0.15) is 5.76 Å². The maximum atomic E-state index is 12.2. The molecule has 1 atom stereocenters. The van der Waals surface area contributed by atoms with E-state index >= 15 is 0 Å². The van der Waals surface area contributed by atoms with E-state index in [1.807, 2.05) is 0 Å². The van der Waals surface area contributed by atoms with Crippen molar-refractivity contribution in [2.45, 2.75) is 19.1 Å². The highest BCUT2D eigenvalue weighted by Crippen LogP contribution is 2.39. The second kappa shape index (κ2) is 7.81. The van der Waals surface area contributed by atoms with Crippen LogP contribution in [0.25, 0.3) is 0 Å². The molecule has 2 heterocycles. The standard InChI is InChI=1S/C18H20N2O6/c1-22-14-7-11(8-15(23-2)17(14)24-3)13-9-16(26-20-13)18(21)19-10-12-5-4-6-25-12/h4-8,16H,9-10H2,1-3H3,(H,19,21)/t16-/m1/s1. The van der Waals surface area contributed by atoms with Gasteiger partial charge < -0.3 is 28.8 Å². The van der Waals surface area contributed by atoms with Crippen molar-refractivity contribution in [3.8, 4) is 17.2 Å². The highest BCUT2D eigenvalue weighted by atomic mass is 16.6. The SMILES string of the molecule is COc1cc(C2=NO[C@@H](C(=O)NCc3ccco3)C2)cc(OC)c1OC. The minimum Gasteiger partial charge on any atom is -0.493 e. The Labute approximate surface area is 150 Å². The molecule has 1 aromatic carbocycles. The second-order valence-corrected chi connectivity index (χ2v) is 5.55. The molecule has 0 saturated heterocycles. The molecule has 26 heavy (non-hydrogen) atoms. The molecule has 3 rings (SSSR count). The number of benzene rings is 1.